The van der Waals surface area contributed by atoms with Crippen LogP contribution >= 0.6 is 11.6 Å². The minimum Gasteiger partial charge on any atom is -0.398 e. The molecule has 0 unspecified atom stereocenters. The van der Waals surface area contributed by atoms with E-state index in [0.29, 0.717) is 10.7 Å². The van der Waals surface area contributed by atoms with Crippen LogP contribution in [0.3, 0.4) is 0 Å². The van der Waals surface area contributed by atoms with Gasteiger partial charge in [0.15, 0.2) is 5.82 Å². The SMILES string of the molecule is Cc1nc(-c2ccc(Cl)cc2N)n(C)n1. The van der Waals surface area contributed by atoms with E-state index in [1.165, 1.54) is 0 Å². The molecule has 5 heteroatoms. The van der Waals surface area contributed by atoms with E-state index >= 15 is 0 Å². The summed E-state index contributed by atoms with van der Waals surface area (Å²) in [5.41, 5.74) is 7.32. The first-order valence-electron chi connectivity index (χ1n) is 4.51. The Bertz CT molecular complexity index is 504. The van der Waals surface area contributed by atoms with Gasteiger partial charge in [-0.3, -0.25) is 0 Å². The molecule has 1 aromatic heterocycles. The Morgan fingerprint density at radius 2 is 2.13 bits per heavy atom. The second kappa shape index (κ2) is 3.55. The van der Waals surface area contributed by atoms with Crippen LogP contribution < -0.4 is 5.73 Å². The number of hydrogen-bond donors (Lipinski definition) is 1. The molecule has 2 aromatic rings. The quantitative estimate of drug-likeness (QED) is 0.752. The van der Waals surface area contributed by atoms with Crippen molar-refractivity contribution in [3.63, 3.8) is 0 Å². The highest BCUT2D eigenvalue weighted by Crippen LogP contribution is 2.26. The molecule has 0 bridgehead atoms. The molecule has 0 spiro atoms. The smallest absolute Gasteiger partial charge is 0.160 e. The minimum atomic E-state index is 0.609. The molecule has 0 amide bonds. The van der Waals surface area contributed by atoms with Gasteiger partial charge < -0.3 is 5.73 Å². The summed E-state index contributed by atoms with van der Waals surface area (Å²) in [4.78, 5) is 4.30. The monoisotopic (exact) mass is 222 g/mol. The van der Waals surface area contributed by atoms with E-state index in [-0.39, 0.29) is 0 Å². The summed E-state index contributed by atoms with van der Waals surface area (Å²) in [6, 6.07) is 5.35. The largest absolute Gasteiger partial charge is 0.398 e. The van der Waals surface area contributed by atoms with Gasteiger partial charge in [-0.1, -0.05) is 11.6 Å². The number of aryl methyl sites for hydroxylation is 2. The van der Waals surface area contributed by atoms with E-state index < -0.39 is 0 Å². The van der Waals surface area contributed by atoms with E-state index in [2.05, 4.69) is 10.1 Å². The Kier molecular flexibility index (Phi) is 2.36. The molecule has 2 rings (SSSR count). The Morgan fingerprint density at radius 1 is 1.40 bits per heavy atom. The van der Waals surface area contributed by atoms with Crippen molar-refractivity contribution in [1.82, 2.24) is 14.8 Å². The molecule has 0 aliphatic carbocycles. The standard InChI is InChI=1S/C10H11ClN4/c1-6-13-10(15(2)14-6)8-4-3-7(11)5-9(8)12/h3-5H,12H2,1-2H3. The average Bonchev–Trinajstić information content (AvgIpc) is 2.45. The second-order valence-electron chi connectivity index (χ2n) is 3.34. The van der Waals surface area contributed by atoms with Crippen LogP contribution in [0.5, 0.6) is 0 Å². The number of halogens is 1. The van der Waals surface area contributed by atoms with E-state index in [1.54, 1.807) is 16.8 Å². The Hall–Kier alpha value is -1.55. The van der Waals surface area contributed by atoms with Gasteiger partial charge in [-0.2, -0.15) is 5.10 Å². The molecule has 0 saturated heterocycles. The number of nitrogens with two attached hydrogens (primary N) is 1. The fraction of sp³-hybridized carbons (Fsp3) is 0.200. The molecule has 0 fully saturated rings. The molecule has 1 heterocycles. The maximum absolute atomic E-state index is 5.87. The first kappa shape index (κ1) is 9.98. The van der Waals surface area contributed by atoms with Gasteiger partial charge in [0.2, 0.25) is 0 Å². The maximum Gasteiger partial charge on any atom is 0.160 e. The molecule has 0 radical (unpaired) electrons. The molecule has 0 aliphatic rings. The van der Waals surface area contributed by atoms with Crippen molar-refractivity contribution in [2.45, 2.75) is 6.92 Å². The summed E-state index contributed by atoms with van der Waals surface area (Å²) in [6.45, 7) is 1.84. The zero-order chi connectivity index (χ0) is 11.0. The van der Waals surface area contributed by atoms with Gasteiger partial charge in [0.05, 0.1) is 0 Å². The van der Waals surface area contributed by atoms with Gasteiger partial charge in [-0.05, 0) is 25.1 Å². The highest BCUT2D eigenvalue weighted by Gasteiger charge is 2.10. The number of rotatable bonds is 1. The van der Waals surface area contributed by atoms with Crippen molar-refractivity contribution in [1.29, 1.82) is 0 Å². The zero-order valence-electron chi connectivity index (χ0n) is 8.53. The number of benzene rings is 1. The van der Waals surface area contributed by atoms with Gasteiger partial charge in [-0.15, -0.1) is 0 Å². The number of aromatic nitrogens is 3. The maximum atomic E-state index is 5.87. The summed E-state index contributed by atoms with van der Waals surface area (Å²) < 4.78 is 1.70. The third-order valence-corrected chi connectivity index (χ3v) is 2.36. The van der Waals surface area contributed by atoms with E-state index in [9.17, 15) is 0 Å². The van der Waals surface area contributed by atoms with Crippen molar-refractivity contribution in [3.05, 3.63) is 29.0 Å². The van der Waals surface area contributed by atoms with Crippen molar-refractivity contribution in [3.8, 4) is 11.4 Å². The lowest BCUT2D eigenvalue weighted by Crippen LogP contribution is -1.97. The Balaban J connectivity index is 2.59. The van der Waals surface area contributed by atoms with E-state index in [4.69, 9.17) is 17.3 Å². The van der Waals surface area contributed by atoms with Crippen molar-refractivity contribution < 1.29 is 0 Å². The second-order valence-corrected chi connectivity index (χ2v) is 3.77. The lowest BCUT2D eigenvalue weighted by Gasteiger charge is -2.04. The normalized spacial score (nSPS) is 10.6. The first-order valence-corrected chi connectivity index (χ1v) is 4.89. The van der Waals surface area contributed by atoms with Crippen LogP contribution in [0.1, 0.15) is 5.82 Å². The van der Waals surface area contributed by atoms with Gasteiger partial charge in [0.25, 0.3) is 0 Å². The number of hydrogen-bond acceptors (Lipinski definition) is 3. The predicted octanol–water partition coefficient (Wildman–Crippen LogP) is 2.03. The summed E-state index contributed by atoms with van der Waals surface area (Å²) in [5, 5.41) is 4.79. The fourth-order valence-corrected chi connectivity index (χ4v) is 1.66. The molecule has 2 N–H and O–H groups in total. The zero-order valence-corrected chi connectivity index (χ0v) is 9.28. The lowest BCUT2D eigenvalue weighted by atomic mass is 10.1. The molecule has 78 valence electrons. The topological polar surface area (TPSA) is 56.7 Å². The van der Waals surface area contributed by atoms with Gasteiger partial charge >= 0.3 is 0 Å². The van der Waals surface area contributed by atoms with Crippen LogP contribution in [0, 0.1) is 6.92 Å². The van der Waals surface area contributed by atoms with Crippen LogP contribution in [-0.4, -0.2) is 14.8 Å². The van der Waals surface area contributed by atoms with Crippen molar-refractivity contribution in [2.24, 2.45) is 7.05 Å². The first-order chi connectivity index (χ1) is 7.08. The third-order valence-electron chi connectivity index (χ3n) is 2.12. The molecule has 0 saturated carbocycles. The summed E-state index contributed by atoms with van der Waals surface area (Å²) in [7, 11) is 1.84. The fourth-order valence-electron chi connectivity index (χ4n) is 1.48. The van der Waals surface area contributed by atoms with Crippen molar-refractivity contribution in [2.75, 3.05) is 5.73 Å². The number of nitrogens with zero attached hydrogens (tertiary/aromatic N) is 3. The van der Waals surface area contributed by atoms with Gasteiger partial charge in [-0.25, -0.2) is 9.67 Å². The van der Waals surface area contributed by atoms with Crippen LogP contribution in [0.25, 0.3) is 11.4 Å². The average molecular weight is 223 g/mol. The molecule has 0 atom stereocenters. The summed E-state index contributed by atoms with van der Waals surface area (Å²) >= 11 is 5.83. The molecular weight excluding hydrogens is 212 g/mol. The molecular formula is C10H11ClN4. The summed E-state index contributed by atoms with van der Waals surface area (Å²) in [6.07, 6.45) is 0. The molecule has 0 aliphatic heterocycles. The van der Waals surface area contributed by atoms with Crippen LogP contribution in [0.4, 0.5) is 5.69 Å². The van der Waals surface area contributed by atoms with E-state index in [1.807, 2.05) is 20.0 Å². The van der Waals surface area contributed by atoms with Gasteiger partial charge in [0, 0.05) is 23.3 Å². The van der Waals surface area contributed by atoms with E-state index in [0.717, 1.165) is 17.2 Å². The number of anilines is 1. The van der Waals surface area contributed by atoms with Crippen LogP contribution in [-0.2, 0) is 7.05 Å². The lowest BCUT2D eigenvalue weighted by molar-refractivity contribution is 0.764. The minimum absolute atomic E-state index is 0.609. The molecule has 15 heavy (non-hydrogen) atoms. The third kappa shape index (κ3) is 1.80. The highest BCUT2D eigenvalue weighted by molar-refractivity contribution is 6.31. The number of nitrogen functional groups attached to an aromatic ring is 1. The molecule has 1 aromatic carbocycles. The Labute approximate surface area is 92.7 Å². The Morgan fingerprint density at radius 3 is 2.67 bits per heavy atom. The highest BCUT2D eigenvalue weighted by atomic mass is 35.5. The predicted molar refractivity (Wildman–Crippen MR) is 60.6 cm³/mol. The molecule has 4 nitrogen and oxygen atoms in total. The van der Waals surface area contributed by atoms with Crippen LogP contribution in [0.2, 0.25) is 5.02 Å². The van der Waals surface area contributed by atoms with Gasteiger partial charge in [0.1, 0.15) is 5.82 Å². The summed E-state index contributed by atoms with van der Waals surface area (Å²) in [5.74, 6) is 1.48. The van der Waals surface area contributed by atoms with Crippen LogP contribution in [0.15, 0.2) is 18.2 Å². The van der Waals surface area contributed by atoms with Crippen molar-refractivity contribution >= 4 is 17.3 Å².